The molecule has 3 unspecified atom stereocenters. The van der Waals surface area contributed by atoms with Gasteiger partial charge in [0, 0.05) is 0 Å². The van der Waals surface area contributed by atoms with E-state index in [9.17, 15) is 10.1 Å². The molecule has 0 heterocycles. The number of nitrogens with one attached hydrogen (secondary N) is 1. The number of nitrogens with zero attached hydrogens (tertiary/aromatic N) is 1. The molecule has 0 aliphatic heterocycles. The molecule has 4 bridgehead atoms. The van der Waals surface area contributed by atoms with Gasteiger partial charge in [-0.05, 0) is 69.1 Å². The molecule has 4 rings (SSSR count). The predicted octanol–water partition coefficient (Wildman–Crippen LogP) is 3.40. The fourth-order valence-electron chi connectivity index (χ4n) is 5.56. The molecule has 0 aromatic rings. The van der Waals surface area contributed by atoms with E-state index in [1.165, 1.54) is 19.3 Å². The van der Waals surface area contributed by atoms with Crippen molar-refractivity contribution in [2.45, 2.75) is 71.3 Å². The third-order valence-corrected chi connectivity index (χ3v) is 6.18. The first kappa shape index (κ1) is 13.9. The molecule has 1 N–H and O–H groups in total. The molecule has 3 heteroatoms. The van der Waals surface area contributed by atoms with E-state index in [0.717, 1.165) is 31.1 Å². The zero-order valence-corrected chi connectivity index (χ0v) is 13.0. The van der Waals surface area contributed by atoms with E-state index in [4.69, 9.17) is 0 Å². The maximum Gasteiger partial charge on any atom is 0.227 e. The Hall–Kier alpha value is -1.04. The van der Waals surface area contributed by atoms with Crippen LogP contribution in [0, 0.1) is 34.0 Å². The molecule has 4 aliphatic rings. The van der Waals surface area contributed by atoms with Crippen LogP contribution in [0.15, 0.2) is 0 Å². The average Bonchev–Trinajstić information content (AvgIpc) is 2.35. The van der Waals surface area contributed by atoms with Gasteiger partial charge in [0.15, 0.2) is 0 Å². The fourth-order valence-corrected chi connectivity index (χ4v) is 5.56. The van der Waals surface area contributed by atoms with Crippen molar-refractivity contribution >= 4 is 5.91 Å². The van der Waals surface area contributed by atoms with E-state index in [2.05, 4.69) is 18.3 Å². The van der Waals surface area contributed by atoms with Crippen LogP contribution in [0.3, 0.4) is 0 Å². The van der Waals surface area contributed by atoms with Crippen LogP contribution in [0.1, 0.15) is 65.7 Å². The van der Waals surface area contributed by atoms with Crippen LogP contribution in [-0.2, 0) is 4.79 Å². The molecule has 110 valence electrons. The lowest BCUT2D eigenvalue weighted by atomic mass is 9.44. The first-order valence-electron chi connectivity index (χ1n) is 8.06. The first-order chi connectivity index (χ1) is 9.32. The highest BCUT2D eigenvalue weighted by molar-refractivity contribution is 5.84. The lowest BCUT2D eigenvalue weighted by Crippen LogP contribution is -2.59. The quantitative estimate of drug-likeness (QED) is 0.857. The summed E-state index contributed by atoms with van der Waals surface area (Å²) in [5.41, 5.74) is -0.510. The van der Waals surface area contributed by atoms with Crippen molar-refractivity contribution in [1.29, 1.82) is 5.26 Å². The molecule has 3 atom stereocenters. The van der Waals surface area contributed by atoms with Gasteiger partial charge in [0.1, 0.15) is 5.54 Å². The third-order valence-electron chi connectivity index (χ3n) is 6.18. The molecule has 1 amide bonds. The van der Waals surface area contributed by atoms with Gasteiger partial charge in [-0.15, -0.1) is 0 Å². The van der Waals surface area contributed by atoms with Gasteiger partial charge in [-0.2, -0.15) is 5.26 Å². The highest BCUT2D eigenvalue weighted by atomic mass is 16.2. The second kappa shape index (κ2) is 4.23. The van der Waals surface area contributed by atoms with Crippen LogP contribution in [0.2, 0.25) is 0 Å². The summed E-state index contributed by atoms with van der Waals surface area (Å²) in [6.07, 6.45) is 7.74. The molecule has 4 saturated carbocycles. The van der Waals surface area contributed by atoms with Crippen molar-refractivity contribution in [1.82, 2.24) is 5.32 Å². The summed E-state index contributed by atoms with van der Waals surface area (Å²) in [7, 11) is 0. The molecule has 4 aliphatic carbocycles. The lowest BCUT2D eigenvalue weighted by Gasteiger charge is -2.60. The lowest BCUT2D eigenvalue weighted by molar-refractivity contribution is -0.156. The highest BCUT2D eigenvalue weighted by Gasteiger charge is 2.59. The number of hydrogen-bond acceptors (Lipinski definition) is 2. The summed E-state index contributed by atoms with van der Waals surface area (Å²) in [4.78, 5) is 12.9. The van der Waals surface area contributed by atoms with Crippen molar-refractivity contribution in [3.8, 4) is 6.07 Å². The van der Waals surface area contributed by atoms with Crippen LogP contribution >= 0.6 is 0 Å². The van der Waals surface area contributed by atoms with Crippen LogP contribution in [0.4, 0.5) is 0 Å². The molecule has 0 radical (unpaired) electrons. The normalized spacial score (nSPS) is 44.7. The maximum atomic E-state index is 12.9. The number of hydrogen-bond donors (Lipinski definition) is 1. The molecular formula is C17H26N2O. The molecule has 0 aromatic carbocycles. The summed E-state index contributed by atoms with van der Waals surface area (Å²) in [6, 6.07) is 2.27. The van der Waals surface area contributed by atoms with Gasteiger partial charge in [-0.25, -0.2) is 0 Å². The van der Waals surface area contributed by atoms with Crippen molar-refractivity contribution in [2.24, 2.45) is 22.7 Å². The molecule has 20 heavy (non-hydrogen) atoms. The number of rotatable bonds is 3. The summed E-state index contributed by atoms with van der Waals surface area (Å²) in [5, 5.41) is 12.4. The summed E-state index contributed by atoms with van der Waals surface area (Å²) >= 11 is 0. The van der Waals surface area contributed by atoms with Gasteiger partial charge >= 0.3 is 0 Å². The Labute approximate surface area is 122 Å². The predicted molar refractivity (Wildman–Crippen MR) is 77.7 cm³/mol. The highest BCUT2D eigenvalue weighted by Crippen LogP contribution is 2.65. The van der Waals surface area contributed by atoms with Crippen LogP contribution < -0.4 is 5.32 Å². The van der Waals surface area contributed by atoms with Gasteiger partial charge < -0.3 is 5.32 Å². The minimum absolute atomic E-state index is 0.156. The average molecular weight is 274 g/mol. The third kappa shape index (κ3) is 2.05. The minimum Gasteiger partial charge on any atom is -0.338 e. The van der Waals surface area contributed by atoms with Crippen molar-refractivity contribution in [2.75, 3.05) is 0 Å². The van der Waals surface area contributed by atoms with Gasteiger partial charge in [0.2, 0.25) is 5.91 Å². The SMILES string of the molecule is CCC(C)(C#N)NC(=O)C12CC3CC(CC(C)(C3)C1)C2. The molecule has 3 nitrogen and oxygen atoms in total. The molecule has 4 fully saturated rings. The van der Waals surface area contributed by atoms with E-state index >= 15 is 0 Å². The summed E-state index contributed by atoms with van der Waals surface area (Å²) < 4.78 is 0. The van der Waals surface area contributed by atoms with Crippen LogP contribution in [-0.4, -0.2) is 11.4 Å². The Balaban J connectivity index is 1.83. The fraction of sp³-hybridized carbons (Fsp3) is 0.882. The van der Waals surface area contributed by atoms with Crippen molar-refractivity contribution in [3.05, 3.63) is 0 Å². The maximum absolute atomic E-state index is 12.9. The van der Waals surface area contributed by atoms with E-state index in [1.807, 2.05) is 13.8 Å². The molecule has 0 saturated heterocycles. The minimum atomic E-state index is -0.707. The van der Waals surface area contributed by atoms with Gasteiger partial charge in [-0.3, -0.25) is 4.79 Å². The number of nitriles is 1. The molecule has 0 aromatic heterocycles. The zero-order chi connectivity index (χ0) is 14.6. The van der Waals surface area contributed by atoms with E-state index in [1.54, 1.807) is 0 Å². The van der Waals surface area contributed by atoms with E-state index in [0.29, 0.717) is 11.8 Å². The Bertz CT molecular complexity index is 464. The van der Waals surface area contributed by atoms with E-state index in [-0.39, 0.29) is 11.3 Å². The summed E-state index contributed by atoms with van der Waals surface area (Å²) in [6.45, 7) is 6.17. The smallest absolute Gasteiger partial charge is 0.227 e. The Kier molecular flexibility index (Phi) is 2.94. The zero-order valence-electron chi connectivity index (χ0n) is 13.0. The second-order valence-corrected chi connectivity index (χ2v) is 8.30. The van der Waals surface area contributed by atoms with Crippen LogP contribution in [0.25, 0.3) is 0 Å². The Morgan fingerprint density at radius 1 is 1.35 bits per heavy atom. The summed E-state index contributed by atoms with van der Waals surface area (Å²) in [5.74, 6) is 1.63. The number of carbonyl (C=O) groups excluding carboxylic acids is 1. The van der Waals surface area contributed by atoms with Crippen molar-refractivity contribution in [3.63, 3.8) is 0 Å². The van der Waals surface area contributed by atoms with Gasteiger partial charge in [0.05, 0.1) is 11.5 Å². The van der Waals surface area contributed by atoms with Crippen molar-refractivity contribution < 1.29 is 4.79 Å². The van der Waals surface area contributed by atoms with E-state index < -0.39 is 5.54 Å². The topological polar surface area (TPSA) is 52.9 Å². The number of carbonyl (C=O) groups is 1. The molecular weight excluding hydrogens is 248 g/mol. The molecule has 0 spiro atoms. The number of amides is 1. The Morgan fingerprint density at radius 2 is 1.95 bits per heavy atom. The largest absolute Gasteiger partial charge is 0.338 e. The van der Waals surface area contributed by atoms with Gasteiger partial charge in [-0.1, -0.05) is 13.8 Å². The van der Waals surface area contributed by atoms with Gasteiger partial charge in [0.25, 0.3) is 0 Å². The Morgan fingerprint density at radius 3 is 2.40 bits per heavy atom. The second-order valence-electron chi connectivity index (χ2n) is 8.30. The van der Waals surface area contributed by atoms with Crippen LogP contribution in [0.5, 0.6) is 0 Å². The standard InChI is InChI=1S/C17H26N2O/c1-4-16(3,11-18)19-14(20)17-8-12-5-13(9-17)7-15(2,6-12)10-17/h12-13H,4-10H2,1-3H3,(H,19,20). The monoisotopic (exact) mass is 274 g/mol. The first-order valence-corrected chi connectivity index (χ1v) is 8.06.